The van der Waals surface area contributed by atoms with Gasteiger partial charge in [0.1, 0.15) is 11.4 Å². The van der Waals surface area contributed by atoms with Crippen molar-refractivity contribution in [1.29, 1.82) is 0 Å². The monoisotopic (exact) mass is 422 g/mol. The van der Waals surface area contributed by atoms with Crippen molar-refractivity contribution in [1.82, 2.24) is 4.90 Å². The Morgan fingerprint density at radius 3 is 2.29 bits per heavy atom. The van der Waals surface area contributed by atoms with Gasteiger partial charge < -0.3 is 14.8 Å². The number of carbonyl (C=O) groups is 2. The fourth-order valence-corrected chi connectivity index (χ4v) is 3.42. The van der Waals surface area contributed by atoms with Crippen molar-refractivity contribution in [3.63, 3.8) is 0 Å². The average molecular weight is 423 g/mol. The molecule has 0 atom stereocenters. The summed E-state index contributed by atoms with van der Waals surface area (Å²) in [5, 5.41) is 3.17. The summed E-state index contributed by atoms with van der Waals surface area (Å²) in [5.41, 5.74) is 4.34. The lowest BCUT2D eigenvalue weighted by Crippen LogP contribution is -2.34. The molecule has 2 amide bonds. The van der Waals surface area contributed by atoms with Crippen LogP contribution in [0, 0.1) is 13.8 Å². The highest BCUT2D eigenvalue weighted by Gasteiger charge is 2.39. The van der Waals surface area contributed by atoms with Crippen molar-refractivity contribution in [2.75, 3.05) is 25.6 Å². The second-order valence-electron chi connectivity index (χ2n) is 7.94. The number of amides is 2. The van der Waals surface area contributed by atoms with Crippen LogP contribution >= 0.6 is 0 Å². The van der Waals surface area contributed by atoms with E-state index in [-0.39, 0.29) is 17.9 Å². The molecule has 2 aromatic carbocycles. The second-order valence-corrected chi connectivity index (χ2v) is 7.94. The zero-order chi connectivity index (χ0) is 22.5. The van der Waals surface area contributed by atoms with Gasteiger partial charge >= 0.3 is 0 Å². The van der Waals surface area contributed by atoms with Crippen molar-refractivity contribution in [2.45, 2.75) is 40.2 Å². The fourth-order valence-electron chi connectivity index (χ4n) is 3.42. The van der Waals surface area contributed by atoms with Crippen molar-refractivity contribution in [3.8, 4) is 5.75 Å². The van der Waals surface area contributed by atoms with E-state index in [1.165, 1.54) is 4.90 Å². The number of imide groups is 1. The van der Waals surface area contributed by atoms with Crippen LogP contribution in [0.3, 0.4) is 0 Å². The minimum absolute atomic E-state index is 0.113. The first-order valence-corrected chi connectivity index (χ1v) is 10.5. The Morgan fingerprint density at radius 2 is 1.68 bits per heavy atom. The van der Waals surface area contributed by atoms with E-state index in [2.05, 4.69) is 5.32 Å². The van der Waals surface area contributed by atoms with Crippen molar-refractivity contribution < 1.29 is 19.1 Å². The molecule has 0 saturated carbocycles. The van der Waals surface area contributed by atoms with Crippen LogP contribution in [0.4, 0.5) is 5.69 Å². The van der Waals surface area contributed by atoms with E-state index in [9.17, 15) is 9.59 Å². The van der Waals surface area contributed by atoms with E-state index >= 15 is 0 Å². The quantitative estimate of drug-likeness (QED) is 0.482. The minimum Gasteiger partial charge on any atom is -0.497 e. The van der Waals surface area contributed by atoms with E-state index in [0.717, 1.165) is 22.4 Å². The topological polar surface area (TPSA) is 67.9 Å². The molecule has 1 N–H and O–H groups in total. The van der Waals surface area contributed by atoms with Crippen LogP contribution in [-0.4, -0.2) is 43.1 Å². The third-order valence-electron chi connectivity index (χ3n) is 5.30. The zero-order valence-electron chi connectivity index (χ0n) is 18.8. The zero-order valence-corrected chi connectivity index (χ0v) is 18.8. The van der Waals surface area contributed by atoms with Crippen LogP contribution in [0.1, 0.15) is 37.0 Å². The first-order chi connectivity index (χ1) is 14.8. The molecule has 3 rings (SSSR count). The largest absolute Gasteiger partial charge is 0.497 e. The van der Waals surface area contributed by atoms with Gasteiger partial charge in [-0.2, -0.15) is 0 Å². The Morgan fingerprint density at radius 1 is 0.968 bits per heavy atom. The molecular formula is C25H30N2O4. The number of rotatable bonds is 9. The number of ether oxygens (including phenoxy) is 2. The van der Waals surface area contributed by atoms with Gasteiger partial charge in [-0.1, -0.05) is 18.2 Å². The molecule has 1 aliphatic heterocycles. The third kappa shape index (κ3) is 5.14. The smallest absolute Gasteiger partial charge is 0.278 e. The number of carbonyl (C=O) groups excluding carboxylic acids is 2. The van der Waals surface area contributed by atoms with Crippen LogP contribution < -0.4 is 10.1 Å². The molecule has 0 unspecified atom stereocenters. The molecule has 164 valence electrons. The van der Waals surface area contributed by atoms with E-state index in [1.807, 2.05) is 58.0 Å². The number of hydrogen-bond acceptors (Lipinski definition) is 5. The molecule has 1 heterocycles. The number of hydrogen-bond donors (Lipinski definition) is 1. The molecule has 1 aliphatic rings. The van der Waals surface area contributed by atoms with Gasteiger partial charge in [0.05, 0.1) is 18.8 Å². The van der Waals surface area contributed by atoms with E-state index in [0.29, 0.717) is 36.5 Å². The summed E-state index contributed by atoms with van der Waals surface area (Å²) in [4.78, 5) is 27.8. The summed E-state index contributed by atoms with van der Waals surface area (Å²) in [6, 6.07) is 13.1. The molecule has 0 aliphatic carbocycles. The average Bonchev–Trinajstić information content (AvgIpc) is 2.97. The standard InChI is InChI=1S/C25H30N2O4/c1-16(2)31-14-6-13-27-24(28)22(19-8-7-17(3)18(4)15-19)23(25(27)29)26-20-9-11-21(30-5)12-10-20/h7-12,15-16,26H,6,13-14H2,1-5H3. The van der Waals surface area contributed by atoms with Crippen LogP contribution in [0.15, 0.2) is 48.2 Å². The molecule has 2 aromatic rings. The number of nitrogens with one attached hydrogen (secondary N) is 1. The summed E-state index contributed by atoms with van der Waals surface area (Å²) in [5.74, 6) is 0.113. The van der Waals surface area contributed by atoms with Crippen LogP contribution in [0.2, 0.25) is 0 Å². The van der Waals surface area contributed by atoms with Crippen molar-refractivity contribution in [3.05, 3.63) is 64.9 Å². The number of nitrogens with zero attached hydrogens (tertiary/aromatic N) is 1. The van der Waals surface area contributed by atoms with Gasteiger partial charge in [-0.25, -0.2) is 0 Å². The second kappa shape index (κ2) is 9.79. The summed E-state index contributed by atoms with van der Waals surface area (Å²) in [6.45, 7) is 8.75. The molecule has 6 heteroatoms. The lowest BCUT2D eigenvalue weighted by Gasteiger charge is -2.16. The molecule has 0 spiro atoms. The SMILES string of the molecule is COc1ccc(NC2=C(c3ccc(C)c(C)c3)C(=O)N(CCCOC(C)C)C2=O)cc1. The number of methoxy groups -OCH3 is 1. The highest BCUT2D eigenvalue weighted by Crippen LogP contribution is 2.32. The Bertz CT molecular complexity index is 993. The maximum absolute atomic E-state index is 13.3. The minimum atomic E-state index is -0.321. The molecule has 6 nitrogen and oxygen atoms in total. The number of anilines is 1. The van der Waals surface area contributed by atoms with E-state index < -0.39 is 0 Å². The van der Waals surface area contributed by atoms with Gasteiger partial charge in [-0.15, -0.1) is 0 Å². The van der Waals surface area contributed by atoms with E-state index in [1.54, 1.807) is 19.2 Å². The molecule has 0 saturated heterocycles. The van der Waals surface area contributed by atoms with Crippen molar-refractivity contribution >= 4 is 23.1 Å². The van der Waals surface area contributed by atoms with E-state index in [4.69, 9.17) is 9.47 Å². The Hall–Kier alpha value is -3.12. The molecule has 0 aromatic heterocycles. The summed E-state index contributed by atoms with van der Waals surface area (Å²) >= 11 is 0. The van der Waals surface area contributed by atoms with Crippen LogP contribution in [-0.2, 0) is 14.3 Å². The predicted octanol–water partition coefficient (Wildman–Crippen LogP) is 4.32. The molecule has 31 heavy (non-hydrogen) atoms. The Balaban J connectivity index is 1.92. The molecular weight excluding hydrogens is 392 g/mol. The summed E-state index contributed by atoms with van der Waals surface area (Å²) in [7, 11) is 1.60. The van der Waals surface area contributed by atoms with Gasteiger partial charge in [-0.05, 0) is 75.1 Å². The summed E-state index contributed by atoms with van der Waals surface area (Å²) < 4.78 is 10.8. The predicted molar refractivity (Wildman–Crippen MR) is 122 cm³/mol. The van der Waals surface area contributed by atoms with Gasteiger partial charge in [-0.3, -0.25) is 14.5 Å². The van der Waals surface area contributed by atoms with Crippen LogP contribution in [0.5, 0.6) is 5.75 Å². The lowest BCUT2D eigenvalue weighted by molar-refractivity contribution is -0.137. The molecule has 0 radical (unpaired) electrons. The Kier molecular flexibility index (Phi) is 7.13. The maximum atomic E-state index is 13.3. The fraction of sp³-hybridized carbons (Fsp3) is 0.360. The lowest BCUT2D eigenvalue weighted by atomic mass is 9.99. The molecule has 0 fully saturated rings. The van der Waals surface area contributed by atoms with Gasteiger partial charge in [0, 0.05) is 18.8 Å². The third-order valence-corrected chi connectivity index (χ3v) is 5.30. The maximum Gasteiger partial charge on any atom is 0.278 e. The number of benzene rings is 2. The van der Waals surface area contributed by atoms with Gasteiger partial charge in [0.15, 0.2) is 0 Å². The van der Waals surface area contributed by atoms with Crippen LogP contribution in [0.25, 0.3) is 5.57 Å². The highest BCUT2D eigenvalue weighted by atomic mass is 16.5. The highest BCUT2D eigenvalue weighted by molar-refractivity contribution is 6.36. The van der Waals surface area contributed by atoms with Gasteiger partial charge in [0.25, 0.3) is 11.8 Å². The molecule has 0 bridgehead atoms. The number of aryl methyl sites for hydroxylation is 2. The summed E-state index contributed by atoms with van der Waals surface area (Å²) in [6.07, 6.45) is 0.701. The normalized spacial score (nSPS) is 14.1. The first-order valence-electron chi connectivity index (χ1n) is 10.5. The van der Waals surface area contributed by atoms with Gasteiger partial charge in [0.2, 0.25) is 0 Å². The Labute approximate surface area is 183 Å². The first kappa shape index (κ1) is 22.6. The van der Waals surface area contributed by atoms with Crippen molar-refractivity contribution in [2.24, 2.45) is 0 Å².